The van der Waals surface area contributed by atoms with Gasteiger partial charge in [0.2, 0.25) is 5.88 Å². The molecular weight excluding hydrogens is 549 g/mol. The van der Waals surface area contributed by atoms with E-state index in [1.807, 2.05) is 0 Å². The van der Waals surface area contributed by atoms with Gasteiger partial charge in [-0.15, -0.1) is 0 Å². The Morgan fingerprint density at radius 2 is 1.90 bits per heavy atom. The van der Waals surface area contributed by atoms with E-state index in [1.54, 1.807) is 24.4 Å². The molecule has 40 heavy (non-hydrogen) atoms. The van der Waals surface area contributed by atoms with E-state index in [4.69, 9.17) is 9.47 Å². The number of carbonyl (C=O) groups excluding carboxylic acids is 1. The number of pyridine rings is 3. The van der Waals surface area contributed by atoms with Crippen molar-refractivity contribution in [2.24, 2.45) is 0 Å². The second-order valence-electron chi connectivity index (χ2n) is 9.15. The summed E-state index contributed by atoms with van der Waals surface area (Å²) in [4.78, 5) is 25.6. The first-order chi connectivity index (χ1) is 19.1. The van der Waals surface area contributed by atoms with Gasteiger partial charge in [0.15, 0.2) is 9.84 Å². The number of nitrogens with zero attached hydrogens (tertiary/aromatic N) is 3. The lowest BCUT2D eigenvalue weighted by Crippen LogP contribution is -2.25. The van der Waals surface area contributed by atoms with Crippen LogP contribution in [0.3, 0.4) is 0 Å². The molecule has 1 aliphatic rings. The molecule has 0 radical (unpaired) electrons. The smallest absolute Gasteiger partial charge is 0.269 e. The summed E-state index contributed by atoms with van der Waals surface area (Å²) in [6.07, 6.45) is -1.19. The predicted molar refractivity (Wildman–Crippen MR) is 138 cm³/mol. The van der Waals surface area contributed by atoms with Crippen LogP contribution in [-0.4, -0.2) is 48.2 Å². The van der Waals surface area contributed by atoms with Crippen LogP contribution in [0.1, 0.15) is 40.5 Å². The largest absolute Gasteiger partial charge is 0.481 e. The van der Waals surface area contributed by atoms with Crippen LogP contribution in [0.15, 0.2) is 53.6 Å². The number of methoxy groups -OCH3 is 1. The summed E-state index contributed by atoms with van der Waals surface area (Å²) in [5.41, 5.74) is 1.09. The Hall–Kier alpha value is -4.10. The number of sulfone groups is 1. The number of fused-ring (bicyclic) bond motifs is 2. The molecule has 4 heterocycles. The number of hydrogen-bond acceptors (Lipinski definition) is 8. The molecule has 0 fully saturated rings. The lowest BCUT2D eigenvalue weighted by molar-refractivity contribution is 0.0949. The molecule has 0 bridgehead atoms. The zero-order valence-corrected chi connectivity index (χ0v) is 22.1. The molecule has 13 heteroatoms. The number of amides is 1. The standard InChI is InChI=1S/C27H23F3N4O5S/c1-14-12-39-13-19-20(28)7-16(8-24(19)40(14,36)37)26(35)32-11-17-9-23-15(10-31-17)3-5-21(33-23)22-6-4-18(25(29)30)27(34-22)38-2/h3-10,14,25H,11-13H2,1-2H3,(H,32,35)/t14-/m0/s1. The summed E-state index contributed by atoms with van der Waals surface area (Å²) in [6.45, 7) is 1.12. The van der Waals surface area contributed by atoms with Gasteiger partial charge in [0.1, 0.15) is 5.82 Å². The number of hydrogen-bond donors (Lipinski definition) is 1. The van der Waals surface area contributed by atoms with Gasteiger partial charge < -0.3 is 14.8 Å². The van der Waals surface area contributed by atoms with Gasteiger partial charge in [-0.1, -0.05) is 0 Å². The number of aromatic nitrogens is 3. The van der Waals surface area contributed by atoms with Crippen LogP contribution in [-0.2, 0) is 27.7 Å². The van der Waals surface area contributed by atoms with E-state index < -0.39 is 33.2 Å². The molecule has 9 nitrogen and oxygen atoms in total. The number of halogens is 3. The highest BCUT2D eigenvalue weighted by Gasteiger charge is 2.32. The summed E-state index contributed by atoms with van der Waals surface area (Å²) in [5.74, 6) is -1.72. The summed E-state index contributed by atoms with van der Waals surface area (Å²) >= 11 is 0. The molecule has 0 saturated heterocycles. The second kappa shape index (κ2) is 10.8. The molecule has 0 aliphatic carbocycles. The average Bonchev–Trinajstić information content (AvgIpc) is 3.06. The van der Waals surface area contributed by atoms with E-state index in [0.29, 0.717) is 28.0 Å². The molecule has 1 amide bonds. The highest BCUT2D eigenvalue weighted by atomic mass is 32.2. The molecule has 208 valence electrons. The van der Waals surface area contributed by atoms with Crippen LogP contribution < -0.4 is 10.1 Å². The minimum atomic E-state index is -3.88. The van der Waals surface area contributed by atoms with Gasteiger partial charge >= 0.3 is 0 Å². The molecule has 1 aliphatic heterocycles. The van der Waals surface area contributed by atoms with Crippen LogP contribution in [0.5, 0.6) is 5.88 Å². The first-order valence-corrected chi connectivity index (χ1v) is 13.6. The van der Waals surface area contributed by atoms with E-state index in [9.17, 15) is 26.4 Å². The van der Waals surface area contributed by atoms with Crippen molar-refractivity contribution in [2.45, 2.75) is 36.6 Å². The molecular formula is C27H23F3N4O5S. The Kier molecular flexibility index (Phi) is 7.43. The van der Waals surface area contributed by atoms with Gasteiger partial charge in [-0.3, -0.25) is 9.78 Å². The van der Waals surface area contributed by atoms with Crippen LogP contribution in [0.2, 0.25) is 0 Å². The van der Waals surface area contributed by atoms with E-state index >= 15 is 0 Å². The molecule has 0 unspecified atom stereocenters. The van der Waals surface area contributed by atoms with Crippen molar-refractivity contribution in [3.8, 4) is 17.3 Å². The Labute approximate surface area is 227 Å². The molecule has 0 saturated carbocycles. The average molecular weight is 573 g/mol. The van der Waals surface area contributed by atoms with Gasteiger partial charge in [-0.25, -0.2) is 31.6 Å². The van der Waals surface area contributed by atoms with Crippen molar-refractivity contribution in [1.82, 2.24) is 20.3 Å². The van der Waals surface area contributed by atoms with E-state index in [2.05, 4.69) is 20.3 Å². The SMILES string of the molecule is COc1nc(-c2ccc3cnc(CNC(=O)c4cc(F)c5c(c4)S(=O)(=O)[C@@H](C)COC5)cc3n2)ccc1C(F)F. The summed E-state index contributed by atoms with van der Waals surface area (Å²) < 4.78 is 77.1. The maximum atomic E-state index is 14.8. The van der Waals surface area contributed by atoms with Crippen LogP contribution in [0.25, 0.3) is 22.3 Å². The predicted octanol–water partition coefficient (Wildman–Crippen LogP) is 4.40. The van der Waals surface area contributed by atoms with Crippen LogP contribution in [0.4, 0.5) is 13.2 Å². The Morgan fingerprint density at radius 1 is 1.15 bits per heavy atom. The normalized spacial score (nSPS) is 16.4. The molecule has 1 atom stereocenters. The highest BCUT2D eigenvalue weighted by Crippen LogP contribution is 2.31. The summed E-state index contributed by atoms with van der Waals surface area (Å²) in [6, 6.07) is 9.84. The van der Waals surface area contributed by atoms with Crippen LogP contribution in [0, 0.1) is 5.82 Å². The van der Waals surface area contributed by atoms with Gasteiger partial charge in [-0.05, 0) is 49.4 Å². The van der Waals surface area contributed by atoms with Crippen molar-refractivity contribution < 1.29 is 35.9 Å². The lowest BCUT2D eigenvalue weighted by atomic mass is 10.1. The Bertz CT molecular complexity index is 1730. The Balaban J connectivity index is 1.38. The molecule has 1 N–H and O–H groups in total. The molecule has 4 aromatic rings. The van der Waals surface area contributed by atoms with Crippen molar-refractivity contribution in [3.05, 3.63) is 76.9 Å². The quantitative estimate of drug-likeness (QED) is 0.361. The minimum absolute atomic E-state index is 0.0548. The zero-order chi connectivity index (χ0) is 28.6. The summed E-state index contributed by atoms with van der Waals surface area (Å²) in [7, 11) is -2.63. The summed E-state index contributed by atoms with van der Waals surface area (Å²) in [5, 5.41) is 2.42. The fourth-order valence-electron chi connectivity index (χ4n) is 4.26. The highest BCUT2D eigenvalue weighted by molar-refractivity contribution is 7.92. The molecule has 5 rings (SSSR count). The van der Waals surface area contributed by atoms with E-state index in [-0.39, 0.29) is 47.2 Å². The maximum absolute atomic E-state index is 14.8. The van der Waals surface area contributed by atoms with Crippen LogP contribution >= 0.6 is 0 Å². The maximum Gasteiger partial charge on any atom is 0.269 e. The third kappa shape index (κ3) is 5.21. The Morgan fingerprint density at radius 3 is 2.65 bits per heavy atom. The minimum Gasteiger partial charge on any atom is -0.481 e. The van der Waals surface area contributed by atoms with Gasteiger partial charge in [-0.2, -0.15) is 0 Å². The van der Waals surface area contributed by atoms with Crippen molar-refractivity contribution in [2.75, 3.05) is 13.7 Å². The van der Waals surface area contributed by atoms with Crippen molar-refractivity contribution in [3.63, 3.8) is 0 Å². The van der Waals surface area contributed by atoms with E-state index in [0.717, 1.165) is 12.1 Å². The molecule has 0 spiro atoms. The number of rotatable bonds is 6. The first kappa shape index (κ1) is 27.5. The molecule has 1 aromatic carbocycles. The number of carbonyl (C=O) groups is 1. The van der Waals surface area contributed by atoms with E-state index in [1.165, 1.54) is 26.2 Å². The number of alkyl halides is 2. The topological polar surface area (TPSA) is 120 Å². The molecule has 3 aromatic heterocycles. The third-order valence-electron chi connectivity index (χ3n) is 6.49. The third-order valence-corrected chi connectivity index (χ3v) is 8.67. The number of ether oxygens (including phenoxy) is 2. The second-order valence-corrected chi connectivity index (χ2v) is 11.5. The van der Waals surface area contributed by atoms with Crippen molar-refractivity contribution >= 4 is 26.6 Å². The number of nitrogens with one attached hydrogen (secondary N) is 1. The first-order valence-electron chi connectivity index (χ1n) is 12.1. The number of benzene rings is 1. The van der Waals surface area contributed by atoms with Gasteiger partial charge in [0.25, 0.3) is 12.3 Å². The van der Waals surface area contributed by atoms with Crippen molar-refractivity contribution in [1.29, 1.82) is 0 Å². The lowest BCUT2D eigenvalue weighted by Gasteiger charge is -2.12. The fourth-order valence-corrected chi connectivity index (χ4v) is 5.76. The van der Waals surface area contributed by atoms with Gasteiger partial charge in [0.05, 0.1) is 65.2 Å². The zero-order valence-electron chi connectivity index (χ0n) is 21.3. The monoisotopic (exact) mass is 572 g/mol. The fraction of sp³-hybridized carbons (Fsp3) is 0.259. The van der Waals surface area contributed by atoms with Gasteiger partial charge in [0, 0.05) is 22.7 Å².